The van der Waals surface area contributed by atoms with Gasteiger partial charge in [-0.05, 0) is 78.2 Å². The van der Waals surface area contributed by atoms with Crippen molar-refractivity contribution in [1.82, 2.24) is 4.90 Å². The zero-order chi connectivity index (χ0) is 33.4. The summed E-state index contributed by atoms with van der Waals surface area (Å²) in [7, 11) is 0. The highest BCUT2D eigenvalue weighted by Gasteiger charge is 2.20. The largest absolute Gasteiger partial charge is 0.494 e. The van der Waals surface area contributed by atoms with Crippen LogP contribution in [0, 0.1) is 0 Å². The van der Waals surface area contributed by atoms with Crippen molar-refractivity contribution in [3.8, 4) is 11.5 Å². The van der Waals surface area contributed by atoms with E-state index in [-0.39, 0.29) is 24.4 Å². The number of unbranched alkanes of at least 4 members (excludes halogenated alkanes) is 4. The van der Waals surface area contributed by atoms with Gasteiger partial charge in [0.05, 0.1) is 18.6 Å². The molecule has 2 amide bonds. The van der Waals surface area contributed by atoms with Gasteiger partial charge in [-0.25, -0.2) is 4.79 Å². The highest BCUT2D eigenvalue weighted by atomic mass is 16.5. The first-order chi connectivity index (χ1) is 22.8. The molecule has 0 heterocycles. The van der Waals surface area contributed by atoms with E-state index in [4.69, 9.17) is 9.47 Å². The summed E-state index contributed by atoms with van der Waals surface area (Å²) in [4.78, 5) is 51.1. The molecule has 0 aliphatic rings. The lowest BCUT2D eigenvalue weighted by Gasteiger charge is -2.21. The summed E-state index contributed by atoms with van der Waals surface area (Å²) in [6, 6.07) is 29.0. The summed E-state index contributed by atoms with van der Waals surface area (Å²) in [5.41, 5.74) is 2.72. The van der Waals surface area contributed by atoms with Gasteiger partial charge in [-0.1, -0.05) is 75.1 Å². The molecule has 0 bridgehead atoms. The first-order valence-corrected chi connectivity index (χ1v) is 15.8. The maximum Gasteiger partial charge on any atom is 0.343 e. The van der Waals surface area contributed by atoms with Gasteiger partial charge < -0.3 is 24.8 Å². The molecule has 0 aromatic heterocycles. The summed E-state index contributed by atoms with van der Waals surface area (Å²) in [6.07, 6.45) is 5.98. The molecule has 0 atom stereocenters. The maximum absolute atomic E-state index is 13.3. The van der Waals surface area contributed by atoms with Crippen molar-refractivity contribution in [2.75, 3.05) is 18.5 Å². The lowest BCUT2D eigenvalue weighted by atomic mass is 10.1. The third-order valence-electron chi connectivity index (χ3n) is 7.35. The third-order valence-corrected chi connectivity index (χ3v) is 7.35. The van der Waals surface area contributed by atoms with Crippen LogP contribution in [0.15, 0.2) is 103 Å². The predicted octanol–water partition coefficient (Wildman–Crippen LogP) is 7.16. The Kier molecular flexibility index (Phi) is 13.1. The molecule has 2 N–H and O–H groups in total. The van der Waals surface area contributed by atoms with E-state index in [1.165, 1.54) is 24.2 Å². The smallest absolute Gasteiger partial charge is 0.343 e. The fourth-order valence-corrected chi connectivity index (χ4v) is 4.86. The van der Waals surface area contributed by atoms with E-state index in [0.29, 0.717) is 34.9 Å². The second-order valence-corrected chi connectivity index (χ2v) is 11.2. The molecule has 244 valence electrons. The van der Waals surface area contributed by atoms with E-state index in [1.54, 1.807) is 72.8 Å². The predicted molar refractivity (Wildman–Crippen MR) is 180 cm³/mol. The summed E-state index contributed by atoms with van der Waals surface area (Å²) in [5.74, 6) is -1.34. The Morgan fingerprint density at radius 3 is 2.00 bits per heavy atom. The molecule has 9 heteroatoms. The molecule has 0 saturated carbocycles. The number of aliphatic carboxylic acids is 1. The first-order valence-electron chi connectivity index (χ1n) is 15.8. The van der Waals surface area contributed by atoms with Crippen LogP contribution in [0.1, 0.15) is 70.9 Å². The van der Waals surface area contributed by atoms with Crippen molar-refractivity contribution in [1.29, 1.82) is 0 Å². The van der Waals surface area contributed by atoms with Crippen LogP contribution in [-0.2, 0) is 22.6 Å². The van der Waals surface area contributed by atoms with Gasteiger partial charge in [0.1, 0.15) is 18.0 Å². The average Bonchev–Trinajstić information content (AvgIpc) is 3.07. The molecule has 47 heavy (non-hydrogen) atoms. The summed E-state index contributed by atoms with van der Waals surface area (Å²) >= 11 is 0. The topological polar surface area (TPSA) is 122 Å². The van der Waals surface area contributed by atoms with Crippen molar-refractivity contribution in [2.24, 2.45) is 0 Å². The Bertz CT molecular complexity index is 1600. The van der Waals surface area contributed by atoms with E-state index in [9.17, 15) is 24.3 Å². The molecule has 4 rings (SSSR count). The molecular weight excluding hydrogens is 596 g/mol. The number of ether oxygens (including phenoxy) is 2. The lowest BCUT2D eigenvalue weighted by molar-refractivity contribution is -0.137. The van der Waals surface area contributed by atoms with E-state index < -0.39 is 24.4 Å². The fourth-order valence-electron chi connectivity index (χ4n) is 4.86. The summed E-state index contributed by atoms with van der Waals surface area (Å²) < 4.78 is 11.3. The minimum atomic E-state index is -1.16. The van der Waals surface area contributed by atoms with Gasteiger partial charge in [-0.3, -0.25) is 14.4 Å². The molecule has 0 aliphatic carbocycles. The minimum absolute atomic E-state index is 0.0228. The molecule has 0 saturated heterocycles. The number of hydrogen-bond donors (Lipinski definition) is 2. The van der Waals surface area contributed by atoms with Crippen molar-refractivity contribution < 1.29 is 33.8 Å². The van der Waals surface area contributed by atoms with E-state index in [0.717, 1.165) is 18.4 Å². The highest BCUT2D eigenvalue weighted by Crippen LogP contribution is 2.19. The van der Waals surface area contributed by atoms with E-state index in [2.05, 4.69) is 12.2 Å². The quantitative estimate of drug-likeness (QED) is 0.0716. The molecule has 4 aromatic carbocycles. The van der Waals surface area contributed by atoms with Crippen LogP contribution in [0.3, 0.4) is 0 Å². The normalized spacial score (nSPS) is 10.6. The Balaban J connectivity index is 1.29. The number of carboxylic acid groups (broad SMARTS) is 1. The van der Waals surface area contributed by atoms with Crippen LogP contribution in [-0.4, -0.2) is 46.9 Å². The molecule has 9 nitrogen and oxygen atoms in total. The number of rotatable bonds is 17. The Morgan fingerprint density at radius 1 is 0.702 bits per heavy atom. The van der Waals surface area contributed by atoms with Crippen LogP contribution < -0.4 is 14.8 Å². The van der Waals surface area contributed by atoms with Gasteiger partial charge in [0, 0.05) is 17.8 Å². The number of anilines is 1. The van der Waals surface area contributed by atoms with Crippen molar-refractivity contribution in [3.05, 3.63) is 125 Å². The van der Waals surface area contributed by atoms with Crippen LogP contribution in [0.25, 0.3) is 0 Å². The highest BCUT2D eigenvalue weighted by molar-refractivity contribution is 5.97. The van der Waals surface area contributed by atoms with Crippen molar-refractivity contribution in [3.63, 3.8) is 0 Å². The number of nitrogens with one attached hydrogen (secondary N) is 1. The molecule has 0 radical (unpaired) electrons. The average molecular weight is 637 g/mol. The van der Waals surface area contributed by atoms with Gasteiger partial charge in [-0.2, -0.15) is 0 Å². The van der Waals surface area contributed by atoms with Crippen LogP contribution in [0.2, 0.25) is 0 Å². The van der Waals surface area contributed by atoms with Crippen LogP contribution >= 0.6 is 0 Å². The van der Waals surface area contributed by atoms with Gasteiger partial charge in [0.25, 0.3) is 5.91 Å². The number of hydrogen-bond acceptors (Lipinski definition) is 6. The third kappa shape index (κ3) is 11.5. The maximum atomic E-state index is 13.3. The number of carboxylic acids is 1. The number of benzene rings is 4. The second kappa shape index (κ2) is 17.9. The Morgan fingerprint density at radius 2 is 1.34 bits per heavy atom. The molecule has 0 aliphatic heterocycles. The molecule has 0 spiro atoms. The van der Waals surface area contributed by atoms with E-state index in [1.807, 2.05) is 30.3 Å². The standard InChI is InChI=1S/C38H40N2O7/c1-2-3-4-5-9-24-46-33-22-16-31(17-23-33)38(45)47-34-20-12-29(13-21-34)26-40(27-36(42)43)37(44)30-14-18-32(19-15-30)39-35(41)25-28-10-7-6-8-11-28/h6-8,10-23H,2-5,9,24-27H2,1H3,(H,39,41)(H,42,43). The minimum Gasteiger partial charge on any atom is -0.494 e. The lowest BCUT2D eigenvalue weighted by Crippen LogP contribution is -2.35. The zero-order valence-electron chi connectivity index (χ0n) is 26.5. The zero-order valence-corrected chi connectivity index (χ0v) is 26.5. The van der Waals surface area contributed by atoms with Gasteiger partial charge >= 0.3 is 11.9 Å². The number of amides is 2. The summed E-state index contributed by atoms with van der Waals surface area (Å²) in [5, 5.41) is 12.3. The Labute approximate surface area is 275 Å². The first kappa shape index (κ1) is 34.4. The molecular formula is C38H40N2O7. The SMILES string of the molecule is CCCCCCCOc1ccc(C(=O)Oc2ccc(CN(CC(=O)O)C(=O)c3ccc(NC(=O)Cc4ccccc4)cc3)cc2)cc1. The Hall–Kier alpha value is -5.44. The van der Waals surface area contributed by atoms with E-state index >= 15 is 0 Å². The van der Waals surface area contributed by atoms with Gasteiger partial charge in [0.15, 0.2) is 0 Å². The summed E-state index contributed by atoms with van der Waals surface area (Å²) in [6.45, 7) is 2.33. The molecule has 4 aromatic rings. The van der Waals surface area contributed by atoms with Crippen LogP contribution in [0.4, 0.5) is 5.69 Å². The van der Waals surface area contributed by atoms with Crippen molar-refractivity contribution >= 4 is 29.4 Å². The second-order valence-electron chi connectivity index (χ2n) is 11.2. The van der Waals surface area contributed by atoms with Crippen molar-refractivity contribution in [2.45, 2.75) is 52.0 Å². The molecule has 0 fully saturated rings. The van der Waals surface area contributed by atoms with Crippen LogP contribution in [0.5, 0.6) is 11.5 Å². The molecule has 0 unspecified atom stereocenters. The number of carbonyl (C=O) groups is 4. The monoisotopic (exact) mass is 636 g/mol. The number of nitrogens with zero attached hydrogens (tertiary/aromatic N) is 1. The number of esters is 1. The fraction of sp³-hybridized carbons (Fsp3) is 0.263. The van der Waals surface area contributed by atoms with Gasteiger partial charge in [0.2, 0.25) is 5.91 Å². The number of carbonyl (C=O) groups excluding carboxylic acids is 3. The van der Waals surface area contributed by atoms with Gasteiger partial charge in [-0.15, -0.1) is 0 Å².